The quantitative estimate of drug-likeness (QED) is 0.802. The lowest BCUT2D eigenvalue weighted by molar-refractivity contribution is -0.141. The summed E-state index contributed by atoms with van der Waals surface area (Å²) < 4.78 is 41.9. The number of pyridine rings is 1. The van der Waals surface area contributed by atoms with Crippen molar-refractivity contribution < 1.29 is 22.7 Å². The van der Waals surface area contributed by atoms with E-state index < -0.39 is 18.0 Å². The number of hydrogen-bond acceptors (Lipinski definition) is 3. The third kappa shape index (κ3) is 2.66. The summed E-state index contributed by atoms with van der Waals surface area (Å²) in [5, 5.41) is 0. The van der Waals surface area contributed by atoms with Crippen LogP contribution in [0.5, 0.6) is 0 Å². The van der Waals surface area contributed by atoms with Gasteiger partial charge in [0.1, 0.15) is 12.3 Å². The van der Waals surface area contributed by atoms with E-state index in [1.54, 1.807) is 0 Å². The van der Waals surface area contributed by atoms with Crippen molar-refractivity contribution in [2.45, 2.75) is 12.7 Å². The lowest BCUT2D eigenvalue weighted by Crippen LogP contribution is -2.23. The Balaban J connectivity index is 2.14. The molecule has 7 heteroatoms. The van der Waals surface area contributed by atoms with Crippen LogP contribution in [-0.4, -0.2) is 29.1 Å². The minimum atomic E-state index is -4.47. The second kappa shape index (κ2) is 4.23. The van der Waals surface area contributed by atoms with Crippen LogP contribution in [0.1, 0.15) is 11.3 Å². The average Bonchev–Trinajstić information content (AvgIpc) is 2.64. The van der Waals surface area contributed by atoms with Crippen LogP contribution < -0.4 is 0 Å². The van der Waals surface area contributed by atoms with Crippen molar-refractivity contribution in [3.05, 3.63) is 29.6 Å². The van der Waals surface area contributed by atoms with Gasteiger partial charge in [-0.25, -0.2) is 4.79 Å². The number of halogens is 3. The molecule has 0 saturated carbocycles. The van der Waals surface area contributed by atoms with Gasteiger partial charge in [0.25, 0.3) is 0 Å². The molecule has 1 aliphatic heterocycles. The van der Waals surface area contributed by atoms with Crippen LogP contribution in [0.15, 0.2) is 18.3 Å². The number of carbonyl (C=O) groups excluding carboxylic acids is 1. The number of aromatic nitrogens is 1. The smallest absolute Gasteiger partial charge is 0.433 e. The average molecular weight is 246 g/mol. The van der Waals surface area contributed by atoms with Crippen LogP contribution >= 0.6 is 0 Å². The number of amides is 1. The number of hydrogen-bond donors (Lipinski definition) is 0. The van der Waals surface area contributed by atoms with Crippen LogP contribution in [0.3, 0.4) is 0 Å². The van der Waals surface area contributed by atoms with Crippen LogP contribution in [-0.2, 0) is 17.5 Å². The van der Waals surface area contributed by atoms with Gasteiger partial charge in [-0.3, -0.25) is 4.98 Å². The van der Waals surface area contributed by atoms with Crippen molar-refractivity contribution in [2.75, 3.05) is 13.2 Å². The largest absolute Gasteiger partial charge is 0.448 e. The fourth-order valence-corrected chi connectivity index (χ4v) is 1.52. The first-order chi connectivity index (χ1) is 7.97. The maximum atomic E-state index is 12.4. The van der Waals surface area contributed by atoms with Gasteiger partial charge in [0, 0.05) is 12.7 Å². The third-order valence-corrected chi connectivity index (χ3v) is 2.33. The molecule has 0 bridgehead atoms. The molecule has 0 aromatic carbocycles. The van der Waals surface area contributed by atoms with Gasteiger partial charge in [-0.15, -0.1) is 0 Å². The highest BCUT2D eigenvalue weighted by molar-refractivity contribution is 5.69. The van der Waals surface area contributed by atoms with E-state index in [1.165, 1.54) is 11.0 Å². The zero-order valence-corrected chi connectivity index (χ0v) is 8.70. The van der Waals surface area contributed by atoms with Crippen molar-refractivity contribution in [2.24, 2.45) is 0 Å². The number of nitrogens with zero attached hydrogens (tertiary/aromatic N) is 2. The van der Waals surface area contributed by atoms with E-state index in [2.05, 4.69) is 9.72 Å². The second-order valence-corrected chi connectivity index (χ2v) is 3.58. The SMILES string of the molecule is O=C1OCCN1Cc1ccnc(C(F)(F)F)c1. The summed E-state index contributed by atoms with van der Waals surface area (Å²) in [4.78, 5) is 15.7. The van der Waals surface area contributed by atoms with E-state index in [-0.39, 0.29) is 13.2 Å². The lowest BCUT2D eigenvalue weighted by Gasteiger charge is -2.13. The Labute approximate surface area is 95.0 Å². The van der Waals surface area contributed by atoms with Crippen LogP contribution in [0.4, 0.5) is 18.0 Å². The number of alkyl halides is 3. The minimum absolute atomic E-state index is 0.102. The molecule has 1 fully saturated rings. The maximum Gasteiger partial charge on any atom is 0.433 e. The van der Waals surface area contributed by atoms with Gasteiger partial charge in [0.05, 0.1) is 6.54 Å². The first-order valence-corrected chi connectivity index (χ1v) is 4.90. The third-order valence-electron chi connectivity index (χ3n) is 2.33. The molecule has 4 nitrogen and oxygen atoms in total. The number of rotatable bonds is 2. The molecule has 0 spiro atoms. The van der Waals surface area contributed by atoms with Gasteiger partial charge >= 0.3 is 12.3 Å². The molecule has 0 atom stereocenters. The lowest BCUT2D eigenvalue weighted by atomic mass is 10.2. The molecule has 92 valence electrons. The van der Waals surface area contributed by atoms with Crippen molar-refractivity contribution >= 4 is 6.09 Å². The molecule has 2 heterocycles. The van der Waals surface area contributed by atoms with Crippen LogP contribution in [0.25, 0.3) is 0 Å². The van der Waals surface area contributed by atoms with Crippen molar-refractivity contribution in [1.82, 2.24) is 9.88 Å². The van der Waals surface area contributed by atoms with E-state index in [4.69, 9.17) is 0 Å². The predicted octanol–water partition coefficient (Wildman–Crippen LogP) is 2.05. The molecule has 0 radical (unpaired) electrons. The molecule has 1 aliphatic rings. The Kier molecular flexibility index (Phi) is 2.91. The first kappa shape index (κ1) is 11.7. The zero-order valence-electron chi connectivity index (χ0n) is 8.70. The molecule has 17 heavy (non-hydrogen) atoms. The fraction of sp³-hybridized carbons (Fsp3) is 0.400. The molecule has 0 aliphatic carbocycles. The molecule has 1 aromatic heterocycles. The number of carbonyl (C=O) groups is 1. The summed E-state index contributed by atoms with van der Waals surface area (Å²) >= 11 is 0. The van der Waals surface area contributed by atoms with Gasteiger partial charge in [-0.1, -0.05) is 0 Å². The summed E-state index contributed by atoms with van der Waals surface area (Å²) in [6.45, 7) is 0.767. The number of ether oxygens (including phenoxy) is 1. The van der Waals surface area contributed by atoms with Gasteiger partial charge in [0.15, 0.2) is 0 Å². The summed E-state index contributed by atoms with van der Waals surface area (Å²) in [7, 11) is 0. The second-order valence-electron chi connectivity index (χ2n) is 3.58. The van der Waals surface area contributed by atoms with E-state index in [1.807, 2.05) is 0 Å². The van der Waals surface area contributed by atoms with Crippen molar-refractivity contribution in [3.63, 3.8) is 0 Å². The maximum absolute atomic E-state index is 12.4. The van der Waals surface area contributed by atoms with Gasteiger partial charge in [0.2, 0.25) is 0 Å². The molecule has 2 rings (SSSR count). The minimum Gasteiger partial charge on any atom is -0.448 e. The van der Waals surface area contributed by atoms with Gasteiger partial charge < -0.3 is 9.64 Å². The zero-order chi connectivity index (χ0) is 12.5. The molecule has 1 saturated heterocycles. The van der Waals surface area contributed by atoms with Gasteiger partial charge in [-0.05, 0) is 17.7 Å². The Morgan fingerprint density at radius 3 is 2.82 bits per heavy atom. The molecule has 0 N–H and O–H groups in total. The summed E-state index contributed by atoms with van der Waals surface area (Å²) in [5.74, 6) is 0. The molecular formula is C10H9F3N2O2. The molecule has 1 amide bonds. The highest BCUT2D eigenvalue weighted by Crippen LogP contribution is 2.28. The Morgan fingerprint density at radius 2 is 2.24 bits per heavy atom. The van der Waals surface area contributed by atoms with Crippen LogP contribution in [0.2, 0.25) is 0 Å². The first-order valence-electron chi connectivity index (χ1n) is 4.90. The summed E-state index contributed by atoms with van der Waals surface area (Å²) in [6, 6.07) is 2.38. The van der Waals surface area contributed by atoms with Gasteiger partial charge in [-0.2, -0.15) is 13.2 Å². The van der Waals surface area contributed by atoms with E-state index in [9.17, 15) is 18.0 Å². The molecule has 1 aromatic rings. The monoisotopic (exact) mass is 246 g/mol. The Hall–Kier alpha value is -1.79. The number of cyclic esters (lactones) is 1. The van der Waals surface area contributed by atoms with Crippen molar-refractivity contribution in [1.29, 1.82) is 0 Å². The summed E-state index contributed by atoms with van der Waals surface area (Å²) in [5.41, 5.74) is -0.575. The topological polar surface area (TPSA) is 42.4 Å². The Morgan fingerprint density at radius 1 is 1.47 bits per heavy atom. The van der Waals surface area contributed by atoms with E-state index >= 15 is 0 Å². The summed E-state index contributed by atoms with van der Waals surface area (Å²) in [6.07, 6.45) is -3.89. The van der Waals surface area contributed by atoms with E-state index in [0.717, 1.165) is 12.3 Å². The highest BCUT2D eigenvalue weighted by Gasteiger charge is 2.32. The molecular weight excluding hydrogens is 237 g/mol. The normalized spacial score (nSPS) is 16.2. The standard InChI is InChI=1S/C10H9F3N2O2/c11-10(12,13)8-5-7(1-2-14-8)6-15-3-4-17-9(15)16/h1-2,5H,3-4,6H2. The Bertz CT molecular complexity index is 434. The van der Waals surface area contributed by atoms with Crippen molar-refractivity contribution in [3.8, 4) is 0 Å². The van der Waals surface area contributed by atoms with E-state index in [0.29, 0.717) is 12.1 Å². The predicted molar refractivity (Wildman–Crippen MR) is 51.0 cm³/mol. The molecule has 0 unspecified atom stereocenters. The van der Waals surface area contributed by atoms with Crippen LogP contribution in [0, 0.1) is 0 Å². The fourth-order valence-electron chi connectivity index (χ4n) is 1.52. The highest BCUT2D eigenvalue weighted by atomic mass is 19.4.